The Kier molecular flexibility index (Phi) is 7.84. The number of nitrogens with one attached hydrogen (secondary N) is 1. The van der Waals surface area contributed by atoms with Crippen molar-refractivity contribution in [1.82, 2.24) is 14.2 Å². The molecule has 34 heavy (non-hydrogen) atoms. The molecular weight excluding hydrogens is 476 g/mol. The van der Waals surface area contributed by atoms with Crippen LogP contribution in [0.5, 0.6) is 5.75 Å². The number of piperazine rings is 1. The van der Waals surface area contributed by atoms with Crippen molar-refractivity contribution in [3.05, 3.63) is 35.8 Å². The Hall–Kier alpha value is -2.50. The zero-order valence-corrected chi connectivity index (χ0v) is 20.8. The second kappa shape index (κ2) is 10.8. The molecule has 0 spiro atoms. The Balaban J connectivity index is 1.49. The zero-order valence-electron chi connectivity index (χ0n) is 19.2. The average molecular weight is 507 g/mol. The van der Waals surface area contributed by atoms with E-state index in [4.69, 9.17) is 4.74 Å². The third-order valence-electron chi connectivity index (χ3n) is 6.54. The summed E-state index contributed by atoms with van der Waals surface area (Å²) in [4.78, 5) is 32.2. The first-order valence-corrected chi connectivity index (χ1v) is 13.8. The number of amides is 2. The van der Waals surface area contributed by atoms with Crippen LogP contribution in [0.1, 0.15) is 38.5 Å². The van der Waals surface area contributed by atoms with Gasteiger partial charge in [0.2, 0.25) is 21.8 Å². The molecule has 1 aromatic heterocycles. The maximum Gasteiger partial charge on any atom is 0.248 e. The summed E-state index contributed by atoms with van der Waals surface area (Å²) >= 11 is 1.32. The molecule has 11 heteroatoms. The molecule has 1 N–H and O–H groups in total. The van der Waals surface area contributed by atoms with Gasteiger partial charge in [-0.2, -0.15) is 4.31 Å². The van der Waals surface area contributed by atoms with Crippen LogP contribution >= 0.6 is 11.3 Å². The number of nitrogens with zero attached hydrogens (tertiary/aromatic N) is 3. The van der Waals surface area contributed by atoms with Gasteiger partial charge in [-0.3, -0.25) is 9.59 Å². The number of sulfonamides is 1. The lowest BCUT2D eigenvalue weighted by atomic mass is 9.84. The third kappa shape index (κ3) is 5.59. The topological polar surface area (TPSA) is 109 Å². The Bertz CT molecular complexity index is 1080. The Morgan fingerprint density at radius 3 is 2.56 bits per heavy atom. The predicted molar refractivity (Wildman–Crippen MR) is 129 cm³/mol. The van der Waals surface area contributed by atoms with Crippen LogP contribution in [0.25, 0.3) is 0 Å². The normalized spacial score (nSPS) is 19.1. The van der Waals surface area contributed by atoms with E-state index < -0.39 is 16.1 Å². The first kappa shape index (κ1) is 24.6. The second-order valence-electron chi connectivity index (χ2n) is 8.68. The summed E-state index contributed by atoms with van der Waals surface area (Å²) in [6.45, 7) is 0.00273. The van der Waals surface area contributed by atoms with E-state index in [2.05, 4.69) is 10.3 Å². The van der Waals surface area contributed by atoms with Gasteiger partial charge in [0.05, 0.1) is 18.6 Å². The van der Waals surface area contributed by atoms with Gasteiger partial charge in [0.15, 0.2) is 5.13 Å². The average Bonchev–Trinajstić information content (AvgIpc) is 3.36. The minimum absolute atomic E-state index is 0.106. The van der Waals surface area contributed by atoms with Crippen LogP contribution in [0.3, 0.4) is 0 Å². The van der Waals surface area contributed by atoms with Crippen LogP contribution in [0.2, 0.25) is 0 Å². The standard InChI is InChI=1S/C23H30N4O5S2/c1-32-18-7-9-19(10-8-18)34(30,31)26-12-13-27(21(28)16-26)20(15-17-5-3-2-4-6-17)22(29)25-23-24-11-14-33-23/h7-11,14,17,20H,2-6,12-13,15-16H2,1H3,(H,24,25,29)/t20-/m0/s1. The second-order valence-corrected chi connectivity index (χ2v) is 11.5. The van der Waals surface area contributed by atoms with Crippen LogP contribution in [-0.2, 0) is 19.6 Å². The molecule has 1 saturated heterocycles. The van der Waals surface area contributed by atoms with Crippen molar-refractivity contribution in [2.45, 2.75) is 49.5 Å². The van der Waals surface area contributed by atoms with E-state index in [1.54, 1.807) is 28.6 Å². The van der Waals surface area contributed by atoms with Crippen molar-refractivity contribution in [2.75, 3.05) is 32.1 Å². The predicted octanol–water partition coefficient (Wildman–Crippen LogP) is 2.96. The summed E-state index contributed by atoms with van der Waals surface area (Å²) in [7, 11) is -2.33. The van der Waals surface area contributed by atoms with E-state index in [9.17, 15) is 18.0 Å². The fraction of sp³-hybridized carbons (Fsp3) is 0.522. The molecule has 0 bridgehead atoms. The van der Waals surface area contributed by atoms with E-state index >= 15 is 0 Å². The number of ether oxygens (including phenoxy) is 1. The maximum atomic E-state index is 13.2. The highest BCUT2D eigenvalue weighted by molar-refractivity contribution is 7.89. The molecule has 2 amide bonds. The molecule has 0 unspecified atom stereocenters. The first-order valence-electron chi connectivity index (χ1n) is 11.5. The molecular formula is C23H30N4O5S2. The summed E-state index contributed by atoms with van der Waals surface area (Å²) in [6.07, 6.45) is 7.74. The first-order chi connectivity index (χ1) is 16.4. The number of carbonyl (C=O) groups excluding carboxylic acids is 2. The van der Waals surface area contributed by atoms with Crippen molar-refractivity contribution >= 4 is 38.3 Å². The summed E-state index contributed by atoms with van der Waals surface area (Å²) in [6, 6.07) is 5.45. The number of benzene rings is 1. The molecule has 1 atom stereocenters. The monoisotopic (exact) mass is 506 g/mol. The van der Waals surface area contributed by atoms with E-state index in [-0.39, 0.29) is 36.3 Å². The third-order valence-corrected chi connectivity index (χ3v) is 9.09. The van der Waals surface area contributed by atoms with Gasteiger partial charge in [0, 0.05) is 24.7 Å². The largest absolute Gasteiger partial charge is 0.497 e. The van der Waals surface area contributed by atoms with Crippen LogP contribution in [0.4, 0.5) is 5.13 Å². The minimum Gasteiger partial charge on any atom is -0.497 e. The lowest BCUT2D eigenvalue weighted by molar-refractivity contribution is -0.142. The molecule has 2 heterocycles. The molecule has 0 radical (unpaired) electrons. The van der Waals surface area contributed by atoms with Gasteiger partial charge >= 0.3 is 0 Å². The van der Waals surface area contributed by atoms with Gasteiger partial charge in [-0.25, -0.2) is 13.4 Å². The highest BCUT2D eigenvalue weighted by atomic mass is 32.2. The molecule has 2 fully saturated rings. The lowest BCUT2D eigenvalue weighted by Crippen LogP contribution is -2.58. The van der Waals surface area contributed by atoms with Crippen LogP contribution in [0, 0.1) is 5.92 Å². The number of methoxy groups -OCH3 is 1. The number of rotatable bonds is 8. The van der Waals surface area contributed by atoms with Gasteiger partial charge < -0.3 is 15.0 Å². The molecule has 9 nitrogen and oxygen atoms in total. The fourth-order valence-corrected chi connectivity index (χ4v) is 6.60. The SMILES string of the molecule is COc1ccc(S(=O)(=O)N2CCN([C@@H](CC3CCCCC3)C(=O)Nc3nccs3)C(=O)C2)cc1. The van der Waals surface area contributed by atoms with Gasteiger partial charge in [-0.15, -0.1) is 11.3 Å². The number of aromatic nitrogens is 1. The minimum atomic E-state index is -3.84. The fourth-order valence-electron chi connectivity index (χ4n) is 4.68. The van der Waals surface area contributed by atoms with E-state index in [0.29, 0.717) is 23.2 Å². The maximum absolute atomic E-state index is 13.2. The highest BCUT2D eigenvalue weighted by Crippen LogP contribution is 2.30. The molecule has 1 aliphatic carbocycles. The van der Waals surface area contributed by atoms with Crippen molar-refractivity contribution in [1.29, 1.82) is 0 Å². The van der Waals surface area contributed by atoms with Crippen molar-refractivity contribution in [3.8, 4) is 5.75 Å². The number of hydrogen-bond donors (Lipinski definition) is 1. The summed E-state index contributed by atoms with van der Waals surface area (Å²) in [5, 5.41) is 5.11. The molecule has 4 rings (SSSR count). The highest BCUT2D eigenvalue weighted by Gasteiger charge is 2.39. The van der Waals surface area contributed by atoms with E-state index in [1.807, 2.05) is 0 Å². The van der Waals surface area contributed by atoms with Crippen LogP contribution < -0.4 is 10.1 Å². The lowest BCUT2D eigenvalue weighted by Gasteiger charge is -2.39. The Morgan fingerprint density at radius 1 is 1.21 bits per heavy atom. The van der Waals surface area contributed by atoms with Crippen molar-refractivity contribution in [2.24, 2.45) is 5.92 Å². The number of hydrogen-bond acceptors (Lipinski definition) is 7. The molecule has 1 aromatic carbocycles. The Labute approximate surface area is 204 Å². The number of anilines is 1. The van der Waals surface area contributed by atoms with E-state index in [1.165, 1.54) is 41.3 Å². The van der Waals surface area contributed by atoms with Crippen LogP contribution in [-0.4, -0.2) is 67.2 Å². The summed E-state index contributed by atoms with van der Waals surface area (Å²) < 4.78 is 32.5. The number of thiazole rings is 1. The smallest absolute Gasteiger partial charge is 0.248 e. The quantitative estimate of drug-likeness (QED) is 0.590. The molecule has 2 aliphatic rings. The van der Waals surface area contributed by atoms with Crippen molar-refractivity contribution < 1.29 is 22.7 Å². The molecule has 184 valence electrons. The molecule has 1 saturated carbocycles. The molecule has 1 aliphatic heterocycles. The van der Waals surface area contributed by atoms with Crippen molar-refractivity contribution in [3.63, 3.8) is 0 Å². The number of carbonyl (C=O) groups is 2. The summed E-state index contributed by atoms with van der Waals surface area (Å²) in [5.74, 6) is 0.296. The Morgan fingerprint density at radius 2 is 1.94 bits per heavy atom. The van der Waals surface area contributed by atoms with Gasteiger partial charge in [-0.1, -0.05) is 32.1 Å². The van der Waals surface area contributed by atoms with Gasteiger partial charge in [0.25, 0.3) is 0 Å². The van der Waals surface area contributed by atoms with E-state index in [0.717, 1.165) is 25.7 Å². The molecule has 2 aromatic rings. The zero-order chi connectivity index (χ0) is 24.1. The van der Waals surface area contributed by atoms with Gasteiger partial charge in [-0.05, 0) is 36.6 Å². The van der Waals surface area contributed by atoms with Gasteiger partial charge in [0.1, 0.15) is 11.8 Å². The summed E-state index contributed by atoms with van der Waals surface area (Å²) in [5.41, 5.74) is 0. The van der Waals surface area contributed by atoms with Crippen LogP contribution in [0.15, 0.2) is 40.7 Å².